The molecule has 2 N–H and O–H groups in total. The van der Waals surface area contributed by atoms with E-state index in [2.05, 4.69) is 30.6 Å². The van der Waals surface area contributed by atoms with Crippen LogP contribution in [0.4, 0.5) is 0 Å². The highest BCUT2D eigenvalue weighted by Crippen LogP contribution is 2.05. The maximum atomic E-state index is 12.1. The Hall–Kier alpha value is -1.07. The molecule has 6 heteroatoms. The molecule has 0 radical (unpaired) electrons. The summed E-state index contributed by atoms with van der Waals surface area (Å²) < 4.78 is 0. The van der Waals surface area contributed by atoms with E-state index in [-0.39, 0.29) is 24.2 Å². The van der Waals surface area contributed by atoms with Gasteiger partial charge in [-0.2, -0.15) is 0 Å². The van der Waals surface area contributed by atoms with E-state index in [1.165, 1.54) is 5.57 Å². The normalized spacial score (nSPS) is 13.7. The molecular formula is C17H32ClN3O2. The van der Waals surface area contributed by atoms with E-state index < -0.39 is 0 Å². The summed E-state index contributed by atoms with van der Waals surface area (Å²) in [5.74, 6) is 0.224. The van der Waals surface area contributed by atoms with Crippen LogP contribution >= 0.6 is 12.4 Å². The van der Waals surface area contributed by atoms with Crippen molar-refractivity contribution in [3.8, 4) is 0 Å². The SMILES string of the molecule is CCCN(CCC)C(=O)CCCC(=O)NCC1=CCNCC1.Cl. The first kappa shape index (κ1) is 21.9. The average Bonchev–Trinajstić information content (AvgIpc) is 2.53. The van der Waals surface area contributed by atoms with Gasteiger partial charge in [-0.3, -0.25) is 9.59 Å². The summed E-state index contributed by atoms with van der Waals surface area (Å²) in [6, 6.07) is 0. The quantitative estimate of drug-likeness (QED) is 0.597. The van der Waals surface area contributed by atoms with Crippen molar-refractivity contribution in [2.75, 3.05) is 32.7 Å². The number of halogens is 1. The van der Waals surface area contributed by atoms with Crippen LogP contribution in [0.2, 0.25) is 0 Å². The molecular weight excluding hydrogens is 314 g/mol. The maximum Gasteiger partial charge on any atom is 0.222 e. The van der Waals surface area contributed by atoms with Crippen molar-refractivity contribution < 1.29 is 9.59 Å². The fourth-order valence-electron chi connectivity index (χ4n) is 2.59. The number of rotatable bonds is 10. The summed E-state index contributed by atoms with van der Waals surface area (Å²) in [5.41, 5.74) is 1.29. The second-order valence-corrected chi connectivity index (χ2v) is 5.83. The number of nitrogens with one attached hydrogen (secondary N) is 2. The molecule has 1 heterocycles. The second-order valence-electron chi connectivity index (χ2n) is 5.83. The Bertz CT molecular complexity index is 380. The number of hydrogen-bond donors (Lipinski definition) is 2. The number of amides is 2. The van der Waals surface area contributed by atoms with Gasteiger partial charge in [0, 0.05) is 39.0 Å². The van der Waals surface area contributed by atoms with Crippen LogP contribution in [0.5, 0.6) is 0 Å². The summed E-state index contributed by atoms with van der Waals surface area (Å²) in [4.78, 5) is 25.8. The van der Waals surface area contributed by atoms with E-state index >= 15 is 0 Å². The minimum absolute atomic E-state index is 0. The van der Waals surface area contributed by atoms with Gasteiger partial charge >= 0.3 is 0 Å². The number of carbonyl (C=O) groups is 2. The number of nitrogens with zero attached hydrogens (tertiary/aromatic N) is 1. The maximum absolute atomic E-state index is 12.1. The van der Waals surface area contributed by atoms with E-state index in [0.29, 0.717) is 25.8 Å². The predicted octanol–water partition coefficient (Wildman–Crippen LogP) is 2.26. The highest BCUT2D eigenvalue weighted by molar-refractivity contribution is 5.85. The standard InChI is InChI=1S/C17H31N3O2.ClH/c1-3-12-20(13-4-2)17(22)7-5-6-16(21)19-14-15-8-10-18-11-9-15;/h8,18H,3-7,9-14H2,1-2H3,(H,19,21);1H. The third kappa shape index (κ3) is 9.61. The lowest BCUT2D eigenvalue weighted by molar-refractivity contribution is -0.131. The van der Waals surface area contributed by atoms with Crippen molar-refractivity contribution in [1.29, 1.82) is 0 Å². The summed E-state index contributed by atoms with van der Waals surface area (Å²) in [7, 11) is 0. The minimum Gasteiger partial charge on any atom is -0.352 e. The van der Waals surface area contributed by atoms with E-state index in [0.717, 1.165) is 45.4 Å². The highest BCUT2D eigenvalue weighted by atomic mass is 35.5. The van der Waals surface area contributed by atoms with Gasteiger partial charge < -0.3 is 15.5 Å². The monoisotopic (exact) mass is 345 g/mol. The predicted molar refractivity (Wildman–Crippen MR) is 96.8 cm³/mol. The zero-order chi connectivity index (χ0) is 16.2. The van der Waals surface area contributed by atoms with Crippen molar-refractivity contribution in [3.05, 3.63) is 11.6 Å². The molecule has 0 aromatic heterocycles. The zero-order valence-corrected chi connectivity index (χ0v) is 15.3. The Morgan fingerprint density at radius 3 is 2.48 bits per heavy atom. The summed E-state index contributed by atoms with van der Waals surface area (Å²) in [5, 5.41) is 6.19. The molecule has 0 unspecified atom stereocenters. The molecule has 134 valence electrons. The Morgan fingerprint density at radius 2 is 1.91 bits per heavy atom. The van der Waals surface area contributed by atoms with Crippen molar-refractivity contribution in [2.45, 2.75) is 52.4 Å². The third-order valence-electron chi connectivity index (χ3n) is 3.80. The lowest BCUT2D eigenvalue weighted by Crippen LogP contribution is -2.33. The Balaban J connectivity index is 0.00000484. The second kappa shape index (κ2) is 13.4. The van der Waals surface area contributed by atoms with Crippen LogP contribution in [0.3, 0.4) is 0 Å². The average molecular weight is 346 g/mol. The first-order valence-electron chi connectivity index (χ1n) is 8.60. The van der Waals surface area contributed by atoms with Crippen molar-refractivity contribution in [2.24, 2.45) is 0 Å². The Labute approximate surface area is 146 Å². The molecule has 0 aromatic rings. The molecule has 23 heavy (non-hydrogen) atoms. The molecule has 5 nitrogen and oxygen atoms in total. The van der Waals surface area contributed by atoms with Crippen molar-refractivity contribution in [3.63, 3.8) is 0 Å². The van der Waals surface area contributed by atoms with Gasteiger partial charge in [-0.1, -0.05) is 25.5 Å². The first-order chi connectivity index (χ1) is 10.7. The molecule has 0 fully saturated rings. The number of hydrogen-bond acceptors (Lipinski definition) is 3. The summed E-state index contributed by atoms with van der Waals surface area (Å²) >= 11 is 0. The largest absolute Gasteiger partial charge is 0.352 e. The van der Waals surface area contributed by atoms with Crippen LogP contribution in [0.25, 0.3) is 0 Å². The number of carbonyl (C=O) groups excluding carboxylic acids is 2. The van der Waals surface area contributed by atoms with E-state index in [1.807, 2.05) is 4.90 Å². The fourth-order valence-corrected chi connectivity index (χ4v) is 2.59. The molecule has 0 saturated heterocycles. The van der Waals surface area contributed by atoms with Crippen LogP contribution < -0.4 is 10.6 Å². The van der Waals surface area contributed by atoms with Gasteiger partial charge in [-0.15, -0.1) is 12.4 Å². The van der Waals surface area contributed by atoms with Gasteiger partial charge in [-0.05, 0) is 32.2 Å². The fraction of sp³-hybridized carbons (Fsp3) is 0.765. The molecule has 0 bridgehead atoms. The third-order valence-corrected chi connectivity index (χ3v) is 3.80. The van der Waals surface area contributed by atoms with Gasteiger partial charge in [-0.25, -0.2) is 0 Å². The molecule has 1 aliphatic rings. The van der Waals surface area contributed by atoms with Crippen molar-refractivity contribution in [1.82, 2.24) is 15.5 Å². The Morgan fingerprint density at radius 1 is 1.22 bits per heavy atom. The molecule has 0 spiro atoms. The highest BCUT2D eigenvalue weighted by Gasteiger charge is 2.12. The lowest BCUT2D eigenvalue weighted by Gasteiger charge is -2.21. The topological polar surface area (TPSA) is 61.4 Å². The zero-order valence-electron chi connectivity index (χ0n) is 14.5. The summed E-state index contributed by atoms with van der Waals surface area (Å²) in [6.45, 7) is 8.33. The smallest absolute Gasteiger partial charge is 0.222 e. The van der Waals surface area contributed by atoms with E-state index in [1.54, 1.807) is 0 Å². The molecule has 0 saturated carbocycles. The van der Waals surface area contributed by atoms with Crippen LogP contribution in [-0.4, -0.2) is 49.4 Å². The molecule has 0 atom stereocenters. The van der Waals surface area contributed by atoms with E-state index in [4.69, 9.17) is 0 Å². The Kier molecular flexibility index (Phi) is 12.8. The molecule has 0 aliphatic carbocycles. The van der Waals surface area contributed by atoms with Crippen molar-refractivity contribution >= 4 is 24.2 Å². The minimum atomic E-state index is 0. The van der Waals surface area contributed by atoms with Gasteiger partial charge in [0.05, 0.1) is 0 Å². The lowest BCUT2D eigenvalue weighted by atomic mass is 10.1. The van der Waals surface area contributed by atoms with Gasteiger partial charge in [0.25, 0.3) is 0 Å². The first-order valence-corrected chi connectivity index (χ1v) is 8.60. The molecule has 0 aromatic carbocycles. The van der Waals surface area contributed by atoms with Crippen LogP contribution in [0.1, 0.15) is 52.4 Å². The van der Waals surface area contributed by atoms with Crippen LogP contribution in [0, 0.1) is 0 Å². The van der Waals surface area contributed by atoms with Gasteiger partial charge in [0.15, 0.2) is 0 Å². The molecule has 1 aliphatic heterocycles. The summed E-state index contributed by atoms with van der Waals surface area (Å²) in [6.07, 6.45) is 6.65. The van der Waals surface area contributed by atoms with Gasteiger partial charge in [0.1, 0.15) is 0 Å². The van der Waals surface area contributed by atoms with Crippen LogP contribution in [-0.2, 0) is 9.59 Å². The van der Waals surface area contributed by atoms with E-state index in [9.17, 15) is 9.59 Å². The van der Waals surface area contributed by atoms with Gasteiger partial charge in [0.2, 0.25) is 11.8 Å². The van der Waals surface area contributed by atoms with Crippen LogP contribution in [0.15, 0.2) is 11.6 Å². The molecule has 2 amide bonds. The molecule has 1 rings (SSSR count).